The lowest BCUT2D eigenvalue weighted by Crippen LogP contribution is -2.64. The number of rotatable bonds is 4. The van der Waals surface area contributed by atoms with E-state index in [-0.39, 0.29) is 35.0 Å². The van der Waals surface area contributed by atoms with E-state index in [1.807, 2.05) is 19.1 Å². The molecule has 2 aliphatic rings. The Kier molecular flexibility index (Phi) is 5.98. The van der Waals surface area contributed by atoms with Gasteiger partial charge in [0.25, 0.3) is 0 Å². The summed E-state index contributed by atoms with van der Waals surface area (Å²) in [6, 6.07) is 13.3. The van der Waals surface area contributed by atoms with Gasteiger partial charge in [-0.2, -0.15) is 0 Å². The third-order valence-electron chi connectivity index (χ3n) is 5.88. The van der Waals surface area contributed by atoms with E-state index in [2.05, 4.69) is 15.9 Å². The van der Waals surface area contributed by atoms with Gasteiger partial charge in [0, 0.05) is 21.5 Å². The molecule has 1 heterocycles. The number of carbonyl (C=O) groups is 3. The predicted octanol–water partition coefficient (Wildman–Crippen LogP) is 5.23. The van der Waals surface area contributed by atoms with Crippen LogP contribution >= 0.6 is 27.5 Å². The van der Waals surface area contributed by atoms with Gasteiger partial charge in [0.05, 0.1) is 18.2 Å². The zero-order chi connectivity index (χ0) is 21.4. The van der Waals surface area contributed by atoms with Crippen LogP contribution in [0.2, 0.25) is 5.02 Å². The second-order valence-electron chi connectivity index (χ2n) is 7.94. The van der Waals surface area contributed by atoms with Gasteiger partial charge < -0.3 is 4.90 Å². The molecule has 3 unspecified atom stereocenters. The number of fused-ring (bicyclic) bond motifs is 1. The minimum absolute atomic E-state index is 0.0552. The molecule has 1 saturated heterocycles. The number of halogens is 2. The van der Waals surface area contributed by atoms with Crippen LogP contribution < -0.4 is 4.90 Å². The Balaban J connectivity index is 1.68. The van der Waals surface area contributed by atoms with Crippen LogP contribution in [-0.4, -0.2) is 40.0 Å². The molecule has 0 N–H and O–H groups in total. The van der Waals surface area contributed by atoms with Gasteiger partial charge in [-0.15, -0.1) is 0 Å². The molecular formula is C23H22BrClN2O3. The number of urea groups is 1. The third-order valence-corrected chi connectivity index (χ3v) is 6.95. The van der Waals surface area contributed by atoms with Gasteiger partial charge in [0.15, 0.2) is 5.78 Å². The Morgan fingerprint density at radius 1 is 1.13 bits per heavy atom. The fourth-order valence-corrected chi connectivity index (χ4v) is 5.15. The first-order valence-corrected chi connectivity index (χ1v) is 11.3. The number of hydrogen-bond acceptors (Lipinski definition) is 3. The molecular weight excluding hydrogens is 468 g/mol. The van der Waals surface area contributed by atoms with Crippen molar-refractivity contribution in [3.8, 4) is 0 Å². The summed E-state index contributed by atoms with van der Waals surface area (Å²) < 4.78 is 0. The van der Waals surface area contributed by atoms with Crippen LogP contribution in [0.4, 0.5) is 10.5 Å². The van der Waals surface area contributed by atoms with E-state index in [1.54, 1.807) is 41.3 Å². The number of anilines is 1. The molecule has 0 radical (unpaired) electrons. The first kappa shape index (κ1) is 21.1. The fourth-order valence-electron chi connectivity index (χ4n) is 4.30. The lowest BCUT2D eigenvalue weighted by molar-refractivity contribution is -0.126. The summed E-state index contributed by atoms with van der Waals surface area (Å²) >= 11 is 9.74. The average molecular weight is 490 g/mol. The minimum atomic E-state index is -0.461. The second kappa shape index (κ2) is 8.52. The number of nitrogens with zero attached hydrogens (tertiary/aromatic N) is 2. The standard InChI is InChI=1S/C23H22BrClN2O3/c1-14-5-7-15(8-6-14)21(28)13-26-20-10-9-16(24)11-19(20)22(29)27(23(26)30)18-4-2-3-17(25)12-18/h2-8,12,16,19-20H,9-11,13H2,1H3. The zero-order valence-electron chi connectivity index (χ0n) is 16.6. The molecule has 156 valence electrons. The molecule has 5 nitrogen and oxygen atoms in total. The van der Waals surface area contributed by atoms with Crippen molar-refractivity contribution in [1.82, 2.24) is 4.90 Å². The van der Waals surface area contributed by atoms with Crippen LogP contribution in [0.25, 0.3) is 0 Å². The maximum absolute atomic E-state index is 13.4. The molecule has 4 rings (SSSR count). The summed E-state index contributed by atoms with van der Waals surface area (Å²) in [5.41, 5.74) is 2.06. The number of ketones is 1. The van der Waals surface area contributed by atoms with Gasteiger partial charge in [-0.1, -0.05) is 63.4 Å². The van der Waals surface area contributed by atoms with E-state index in [9.17, 15) is 14.4 Å². The second-order valence-corrected chi connectivity index (χ2v) is 9.67. The van der Waals surface area contributed by atoms with Crippen LogP contribution in [0.1, 0.15) is 35.2 Å². The monoisotopic (exact) mass is 488 g/mol. The Morgan fingerprint density at radius 3 is 2.57 bits per heavy atom. The van der Waals surface area contributed by atoms with Gasteiger partial charge in [-0.3, -0.25) is 9.59 Å². The van der Waals surface area contributed by atoms with Crippen LogP contribution in [0.3, 0.4) is 0 Å². The van der Waals surface area contributed by atoms with Gasteiger partial charge >= 0.3 is 6.03 Å². The number of carbonyl (C=O) groups excluding carboxylic acids is 3. The zero-order valence-corrected chi connectivity index (χ0v) is 18.9. The van der Waals surface area contributed by atoms with E-state index in [4.69, 9.17) is 11.6 Å². The van der Waals surface area contributed by atoms with E-state index >= 15 is 0 Å². The molecule has 7 heteroatoms. The molecule has 3 amide bonds. The van der Waals surface area contributed by atoms with Crippen molar-refractivity contribution in [2.45, 2.75) is 37.1 Å². The average Bonchev–Trinajstić information content (AvgIpc) is 2.72. The molecule has 1 aliphatic heterocycles. The van der Waals surface area contributed by atoms with Gasteiger partial charge in [-0.05, 0) is 44.4 Å². The van der Waals surface area contributed by atoms with Gasteiger partial charge in [-0.25, -0.2) is 9.69 Å². The molecule has 1 saturated carbocycles. The third kappa shape index (κ3) is 4.03. The number of alkyl halides is 1. The highest BCUT2D eigenvalue weighted by atomic mass is 79.9. The molecule has 3 atom stereocenters. The van der Waals surface area contributed by atoms with Crippen molar-refractivity contribution in [2.24, 2.45) is 5.92 Å². The number of Topliss-reactive ketones (excluding diaryl/α,β-unsaturated/α-hetero) is 1. The van der Waals surface area contributed by atoms with E-state index < -0.39 is 6.03 Å². The molecule has 0 bridgehead atoms. The number of aryl methyl sites for hydroxylation is 1. The largest absolute Gasteiger partial charge is 0.332 e. The highest BCUT2D eigenvalue weighted by Crippen LogP contribution is 2.39. The smallest absolute Gasteiger partial charge is 0.312 e. The molecule has 2 aromatic carbocycles. The van der Waals surface area contributed by atoms with Crippen LogP contribution in [-0.2, 0) is 4.79 Å². The van der Waals surface area contributed by atoms with Crippen LogP contribution in [0, 0.1) is 12.8 Å². The lowest BCUT2D eigenvalue weighted by Gasteiger charge is -2.47. The highest BCUT2D eigenvalue weighted by Gasteiger charge is 2.49. The van der Waals surface area contributed by atoms with Crippen molar-refractivity contribution >= 4 is 50.9 Å². The fraction of sp³-hybridized carbons (Fsp3) is 0.348. The summed E-state index contributed by atoms with van der Waals surface area (Å²) in [4.78, 5) is 42.7. The molecule has 30 heavy (non-hydrogen) atoms. The summed E-state index contributed by atoms with van der Waals surface area (Å²) in [7, 11) is 0. The Morgan fingerprint density at radius 2 is 1.87 bits per heavy atom. The van der Waals surface area contributed by atoms with Crippen LogP contribution in [0.5, 0.6) is 0 Å². The topological polar surface area (TPSA) is 57.7 Å². The summed E-state index contributed by atoms with van der Waals surface area (Å²) in [5.74, 6) is -0.718. The molecule has 0 spiro atoms. The molecule has 2 aromatic rings. The molecule has 0 aromatic heterocycles. The number of benzene rings is 2. The van der Waals surface area contributed by atoms with Crippen molar-refractivity contribution in [3.63, 3.8) is 0 Å². The molecule has 2 fully saturated rings. The number of amides is 3. The first-order chi connectivity index (χ1) is 14.3. The highest BCUT2D eigenvalue weighted by molar-refractivity contribution is 9.09. The Labute approximate surface area is 189 Å². The summed E-state index contributed by atoms with van der Waals surface area (Å²) in [6.45, 7) is 1.90. The van der Waals surface area contributed by atoms with E-state index in [1.165, 1.54) is 4.90 Å². The first-order valence-electron chi connectivity index (χ1n) is 9.99. The minimum Gasteiger partial charge on any atom is -0.312 e. The predicted molar refractivity (Wildman–Crippen MR) is 120 cm³/mol. The SMILES string of the molecule is Cc1ccc(C(=O)CN2C(=O)N(c3cccc(Cl)c3)C(=O)C3CC(Br)CCC32)cc1. The number of hydrogen-bond donors (Lipinski definition) is 0. The van der Waals surface area contributed by atoms with Crippen molar-refractivity contribution in [1.29, 1.82) is 0 Å². The van der Waals surface area contributed by atoms with Crippen molar-refractivity contribution in [2.75, 3.05) is 11.4 Å². The van der Waals surface area contributed by atoms with Gasteiger partial charge in [0.1, 0.15) is 0 Å². The quantitative estimate of drug-likeness (QED) is 0.436. The summed E-state index contributed by atoms with van der Waals surface area (Å²) in [6.07, 6.45) is 2.17. The van der Waals surface area contributed by atoms with E-state index in [0.29, 0.717) is 29.1 Å². The Bertz CT molecular complexity index is 994. The lowest BCUT2D eigenvalue weighted by atomic mass is 9.80. The van der Waals surface area contributed by atoms with Gasteiger partial charge in [0.2, 0.25) is 5.91 Å². The maximum atomic E-state index is 13.4. The normalized spacial score (nSPS) is 24.0. The number of imide groups is 1. The summed E-state index contributed by atoms with van der Waals surface area (Å²) in [5, 5.41) is 0.444. The van der Waals surface area contributed by atoms with Crippen molar-refractivity contribution < 1.29 is 14.4 Å². The van der Waals surface area contributed by atoms with E-state index in [0.717, 1.165) is 12.0 Å². The Hall–Kier alpha value is -2.18. The van der Waals surface area contributed by atoms with Crippen LogP contribution in [0.15, 0.2) is 48.5 Å². The molecule has 1 aliphatic carbocycles. The van der Waals surface area contributed by atoms with Crippen molar-refractivity contribution in [3.05, 3.63) is 64.7 Å². The maximum Gasteiger partial charge on any atom is 0.332 e.